The van der Waals surface area contributed by atoms with Gasteiger partial charge < -0.3 is 10.5 Å². The molecule has 2 N–H and O–H groups in total. The second-order valence-corrected chi connectivity index (χ2v) is 9.00. The van der Waals surface area contributed by atoms with E-state index in [0.29, 0.717) is 18.1 Å². The Bertz CT molecular complexity index is 833. The summed E-state index contributed by atoms with van der Waals surface area (Å²) in [5.74, 6) is -0.143. The van der Waals surface area contributed by atoms with E-state index in [1.165, 1.54) is 5.56 Å². The highest BCUT2D eigenvalue weighted by molar-refractivity contribution is 7.92. The zero-order chi connectivity index (χ0) is 18.8. The molecule has 0 amide bonds. The van der Waals surface area contributed by atoms with Crippen molar-refractivity contribution in [3.05, 3.63) is 65.7 Å². The van der Waals surface area contributed by atoms with E-state index in [1.54, 1.807) is 24.3 Å². The maximum absolute atomic E-state index is 13.3. The smallest absolute Gasteiger partial charge is 0.182 e. The van der Waals surface area contributed by atoms with Crippen LogP contribution in [0.15, 0.2) is 59.5 Å². The van der Waals surface area contributed by atoms with Crippen LogP contribution in [0.3, 0.4) is 0 Å². The fraction of sp³-hybridized carbons (Fsp3) is 0.429. The van der Waals surface area contributed by atoms with Crippen molar-refractivity contribution in [2.45, 2.75) is 36.3 Å². The molecule has 1 fully saturated rings. The van der Waals surface area contributed by atoms with Crippen LogP contribution in [-0.4, -0.2) is 33.4 Å². The average Bonchev–Trinajstić information content (AvgIpc) is 3.37. The van der Waals surface area contributed by atoms with E-state index < -0.39 is 20.5 Å². The largest absolute Gasteiger partial charge is 0.381 e. The molecule has 0 aliphatic heterocycles. The molecule has 3 rings (SSSR count). The van der Waals surface area contributed by atoms with Crippen LogP contribution >= 0.6 is 0 Å². The molecular weight excluding hydrogens is 346 g/mol. The van der Waals surface area contributed by atoms with Crippen molar-refractivity contribution in [2.24, 2.45) is 11.1 Å². The summed E-state index contributed by atoms with van der Waals surface area (Å²) in [7, 11) is -3.49. The molecule has 0 aromatic heterocycles. The van der Waals surface area contributed by atoms with Crippen molar-refractivity contribution in [3.8, 4) is 0 Å². The van der Waals surface area contributed by atoms with Gasteiger partial charge >= 0.3 is 0 Å². The molecule has 0 unspecified atom stereocenters. The van der Waals surface area contributed by atoms with Gasteiger partial charge in [0.05, 0.1) is 16.8 Å². The van der Waals surface area contributed by atoms with Gasteiger partial charge in [-0.25, -0.2) is 8.42 Å². The quantitative estimate of drug-likeness (QED) is 0.772. The van der Waals surface area contributed by atoms with Gasteiger partial charge in [-0.05, 0) is 36.6 Å². The third-order valence-corrected chi connectivity index (χ3v) is 7.83. The molecule has 0 saturated heterocycles. The van der Waals surface area contributed by atoms with E-state index in [9.17, 15) is 8.42 Å². The molecule has 1 aliphatic carbocycles. The first-order chi connectivity index (χ1) is 12.5. The lowest BCUT2D eigenvalue weighted by Gasteiger charge is -2.16. The number of aryl methyl sites for hydroxylation is 1. The van der Waals surface area contributed by atoms with Crippen LogP contribution in [0.25, 0.3) is 0 Å². The molecule has 0 bridgehead atoms. The fourth-order valence-corrected chi connectivity index (χ4v) is 6.40. The number of rotatable bonds is 8. The highest BCUT2D eigenvalue weighted by Crippen LogP contribution is 2.63. The number of ether oxygens (including phenoxy) is 1. The summed E-state index contributed by atoms with van der Waals surface area (Å²) < 4.78 is 32.3. The summed E-state index contributed by atoms with van der Waals surface area (Å²) in [6.07, 6.45) is 0.956. The van der Waals surface area contributed by atoms with Crippen LogP contribution in [0.4, 0.5) is 0 Å². The highest BCUT2D eigenvalue weighted by atomic mass is 32.2. The first-order valence-electron chi connectivity index (χ1n) is 9.17. The summed E-state index contributed by atoms with van der Waals surface area (Å²) in [6.45, 7) is 5.20. The van der Waals surface area contributed by atoms with Crippen LogP contribution in [0.2, 0.25) is 0 Å². The van der Waals surface area contributed by atoms with E-state index >= 15 is 0 Å². The van der Waals surface area contributed by atoms with Gasteiger partial charge in [0.1, 0.15) is 0 Å². The third kappa shape index (κ3) is 3.20. The molecule has 140 valence electrons. The number of hydrogen-bond donors (Lipinski definition) is 1. The average molecular weight is 374 g/mol. The summed E-state index contributed by atoms with van der Waals surface area (Å²) in [5.41, 5.74) is 7.80. The van der Waals surface area contributed by atoms with Gasteiger partial charge in [-0.1, -0.05) is 49.4 Å². The Labute approximate surface area is 156 Å². The van der Waals surface area contributed by atoms with E-state index in [4.69, 9.17) is 10.5 Å². The Balaban J connectivity index is 2.02. The first kappa shape index (κ1) is 19.1. The summed E-state index contributed by atoms with van der Waals surface area (Å²) in [4.78, 5) is 0.354. The van der Waals surface area contributed by atoms with E-state index in [0.717, 1.165) is 12.0 Å². The number of sulfone groups is 1. The molecular formula is C21H27NO3S. The molecule has 2 aromatic carbocycles. The van der Waals surface area contributed by atoms with Crippen LogP contribution in [-0.2, 0) is 21.0 Å². The number of benzene rings is 2. The lowest BCUT2D eigenvalue weighted by atomic mass is 9.99. The van der Waals surface area contributed by atoms with Gasteiger partial charge in [0.25, 0.3) is 0 Å². The summed E-state index contributed by atoms with van der Waals surface area (Å²) >= 11 is 0. The molecule has 2 aromatic rings. The first-order valence-corrected chi connectivity index (χ1v) is 10.7. The number of hydrogen-bond acceptors (Lipinski definition) is 4. The van der Waals surface area contributed by atoms with Gasteiger partial charge in [0.15, 0.2) is 9.84 Å². The number of nitrogens with two attached hydrogens (primary N) is 1. The van der Waals surface area contributed by atoms with Crippen LogP contribution in [0.1, 0.15) is 30.9 Å². The Hall–Kier alpha value is -1.69. The van der Waals surface area contributed by atoms with Gasteiger partial charge in [0.2, 0.25) is 0 Å². The minimum atomic E-state index is -3.49. The maximum atomic E-state index is 13.3. The molecule has 5 heteroatoms. The second kappa shape index (κ2) is 7.51. The molecule has 1 saturated carbocycles. The molecule has 4 nitrogen and oxygen atoms in total. The highest BCUT2D eigenvalue weighted by Gasteiger charge is 2.70. The van der Waals surface area contributed by atoms with Gasteiger partial charge in [-0.3, -0.25) is 0 Å². The van der Waals surface area contributed by atoms with Crippen LogP contribution < -0.4 is 5.73 Å². The topological polar surface area (TPSA) is 69.4 Å². The summed E-state index contributed by atoms with van der Waals surface area (Å²) in [6, 6.07) is 16.9. The van der Waals surface area contributed by atoms with Crippen molar-refractivity contribution in [2.75, 3.05) is 19.8 Å². The standard InChI is InChI=1S/C21H27NO3S/c1-3-16-10-12-17(13-11-16)19-20(21(19,14-22)15-25-4-2)26(23,24)18-8-6-5-7-9-18/h5-13,19-20H,3-4,14-15,22H2,1-2H3/t19-,20+,21+/m0/s1. The van der Waals surface area contributed by atoms with Crippen molar-refractivity contribution < 1.29 is 13.2 Å². The molecule has 3 atom stereocenters. The van der Waals surface area contributed by atoms with Crippen LogP contribution in [0.5, 0.6) is 0 Å². The van der Waals surface area contributed by atoms with Gasteiger partial charge in [-0.15, -0.1) is 0 Å². The minimum Gasteiger partial charge on any atom is -0.381 e. The predicted octanol–water partition coefficient (Wildman–Crippen LogP) is 3.17. The lowest BCUT2D eigenvalue weighted by Crippen LogP contribution is -2.29. The van der Waals surface area contributed by atoms with Crippen molar-refractivity contribution in [1.29, 1.82) is 0 Å². The van der Waals surface area contributed by atoms with E-state index in [2.05, 4.69) is 19.1 Å². The van der Waals surface area contributed by atoms with Crippen molar-refractivity contribution >= 4 is 9.84 Å². The van der Waals surface area contributed by atoms with E-state index in [1.807, 2.05) is 25.1 Å². The fourth-order valence-electron chi connectivity index (χ4n) is 3.93. The van der Waals surface area contributed by atoms with Gasteiger partial charge in [0, 0.05) is 24.5 Å². The molecule has 0 radical (unpaired) electrons. The lowest BCUT2D eigenvalue weighted by molar-refractivity contribution is 0.101. The summed E-state index contributed by atoms with van der Waals surface area (Å²) in [5, 5.41) is -0.554. The monoisotopic (exact) mass is 373 g/mol. The van der Waals surface area contributed by atoms with Crippen molar-refractivity contribution in [3.63, 3.8) is 0 Å². The zero-order valence-corrected chi connectivity index (χ0v) is 16.2. The van der Waals surface area contributed by atoms with E-state index in [-0.39, 0.29) is 12.5 Å². The molecule has 0 spiro atoms. The maximum Gasteiger partial charge on any atom is 0.182 e. The Kier molecular flexibility index (Phi) is 5.51. The van der Waals surface area contributed by atoms with Crippen LogP contribution in [0, 0.1) is 5.41 Å². The second-order valence-electron chi connectivity index (χ2n) is 6.93. The van der Waals surface area contributed by atoms with Crippen molar-refractivity contribution in [1.82, 2.24) is 0 Å². The molecule has 26 heavy (non-hydrogen) atoms. The normalized spacial score (nSPS) is 25.2. The molecule has 0 heterocycles. The SMILES string of the molecule is CCOC[C@@]1(CN)[C@H](S(=O)(=O)c2ccccc2)[C@@H]1c1ccc(CC)cc1. The predicted molar refractivity (Wildman–Crippen MR) is 104 cm³/mol. The zero-order valence-electron chi connectivity index (χ0n) is 15.4. The minimum absolute atomic E-state index is 0.143. The third-order valence-electron chi connectivity index (χ3n) is 5.49. The van der Waals surface area contributed by atoms with Gasteiger partial charge in [-0.2, -0.15) is 0 Å². The Morgan fingerprint density at radius 3 is 2.23 bits per heavy atom. The molecule has 1 aliphatic rings. The Morgan fingerprint density at radius 1 is 1.04 bits per heavy atom. The Morgan fingerprint density at radius 2 is 1.69 bits per heavy atom.